The predicted octanol–water partition coefficient (Wildman–Crippen LogP) is 2.95. The second kappa shape index (κ2) is 7.98. The van der Waals surface area contributed by atoms with Gasteiger partial charge in [0.2, 0.25) is 0 Å². The molecule has 1 fully saturated rings. The fourth-order valence-electron chi connectivity index (χ4n) is 3.77. The van der Waals surface area contributed by atoms with E-state index in [4.69, 9.17) is 9.47 Å². The number of anilines is 2. The number of carbonyl (C=O) groups excluding carboxylic acids is 1. The molecule has 0 spiro atoms. The van der Waals surface area contributed by atoms with E-state index in [0.717, 1.165) is 38.0 Å². The number of fused-ring (bicyclic) bond motifs is 1. The van der Waals surface area contributed by atoms with Crippen molar-refractivity contribution in [3.8, 4) is 11.5 Å². The summed E-state index contributed by atoms with van der Waals surface area (Å²) < 4.78 is 11.0. The number of piperidine rings is 1. The van der Waals surface area contributed by atoms with E-state index in [2.05, 4.69) is 4.98 Å². The molecule has 8 nitrogen and oxygen atoms in total. The molecular formula is C21H23N3O5. The molecule has 2 aromatic rings. The van der Waals surface area contributed by atoms with Crippen LogP contribution < -0.4 is 14.4 Å². The number of hydrogen-bond acceptors (Lipinski definition) is 6. The first-order valence-corrected chi connectivity index (χ1v) is 9.69. The van der Waals surface area contributed by atoms with Crippen molar-refractivity contribution in [3.05, 3.63) is 41.6 Å². The van der Waals surface area contributed by atoms with Crippen LogP contribution >= 0.6 is 0 Å². The highest BCUT2D eigenvalue weighted by atomic mass is 16.5. The Hall–Kier alpha value is -3.29. The molecule has 2 aliphatic rings. The molecule has 0 aliphatic carbocycles. The highest BCUT2D eigenvalue weighted by Gasteiger charge is 2.26. The Morgan fingerprint density at radius 1 is 1.14 bits per heavy atom. The van der Waals surface area contributed by atoms with E-state index in [9.17, 15) is 14.7 Å². The van der Waals surface area contributed by atoms with Gasteiger partial charge < -0.3 is 24.4 Å². The lowest BCUT2D eigenvalue weighted by Gasteiger charge is -2.31. The van der Waals surface area contributed by atoms with Gasteiger partial charge in [0.15, 0.2) is 11.6 Å². The van der Waals surface area contributed by atoms with Crippen LogP contribution in [0.15, 0.2) is 30.5 Å². The van der Waals surface area contributed by atoms with Crippen LogP contribution in [0.2, 0.25) is 0 Å². The maximum absolute atomic E-state index is 12.8. The average molecular weight is 397 g/mol. The van der Waals surface area contributed by atoms with Crippen LogP contribution in [0.1, 0.15) is 40.0 Å². The van der Waals surface area contributed by atoms with E-state index in [1.165, 1.54) is 13.2 Å². The number of aromatic carboxylic acids is 1. The molecule has 0 bridgehead atoms. The van der Waals surface area contributed by atoms with Crippen molar-refractivity contribution in [2.75, 3.05) is 38.3 Å². The summed E-state index contributed by atoms with van der Waals surface area (Å²) in [4.78, 5) is 32.4. The van der Waals surface area contributed by atoms with Crippen LogP contribution in [0.25, 0.3) is 0 Å². The molecule has 4 rings (SSSR count). The summed E-state index contributed by atoms with van der Waals surface area (Å²) >= 11 is 0. The van der Waals surface area contributed by atoms with Gasteiger partial charge in [0.1, 0.15) is 17.9 Å². The van der Waals surface area contributed by atoms with Gasteiger partial charge in [-0.25, -0.2) is 9.78 Å². The Morgan fingerprint density at radius 3 is 2.66 bits per heavy atom. The number of methoxy groups -OCH3 is 1. The molecule has 2 aliphatic heterocycles. The van der Waals surface area contributed by atoms with Crippen molar-refractivity contribution in [2.45, 2.75) is 19.3 Å². The first-order valence-electron chi connectivity index (χ1n) is 9.69. The quantitative estimate of drug-likeness (QED) is 0.848. The lowest BCUT2D eigenvalue weighted by molar-refractivity contribution is 0.0691. The second-order valence-electron chi connectivity index (χ2n) is 7.09. The Balaban J connectivity index is 1.63. The molecule has 0 atom stereocenters. The normalized spacial score (nSPS) is 16.0. The molecule has 29 heavy (non-hydrogen) atoms. The van der Waals surface area contributed by atoms with Gasteiger partial charge in [-0.3, -0.25) is 4.79 Å². The zero-order valence-corrected chi connectivity index (χ0v) is 16.3. The summed E-state index contributed by atoms with van der Waals surface area (Å²) in [5, 5.41) is 9.28. The number of ether oxygens (including phenoxy) is 2. The number of carboxylic acid groups (broad SMARTS) is 1. The molecule has 0 radical (unpaired) electrons. The molecule has 3 heterocycles. The zero-order valence-electron chi connectivity index (χ0n) is 16.3. The number of rotatable bonds is 4. The minimum Gasteiger partial charge on any atom is -0.496 e. The largest absolute Gasteiger partial charge is 0.496 e. The van der Waals surface area contributed by atoms with Crippen LogP contribution in [0, 0.1) is 0 Å². The molecule has 1 aromatic carbocycles. The van der Waals surface area contributed by atoms with Gasteiger partial charge in [-0.2, -0.15) is 0 Å². The molecule has 1 aromatic heterocycles. The molecule has 1 N–H and O–H groups in total. The number of benzene rings is 1. The number of likely N-dealkylation sites (tertiary alicyclic amines) is 1. The maximum Gasteiger partial charge on any atom is 0.339 e. The molecule has 0 saturated carbocycles. The van der Waals surface area contributed by atoms with E-state index >= 15 is 0 Å². The Labute approximate surface area is 168 Å². The van der Waals surface area contributed by atoms with Gasteiger partial charge in [0, 0.05) is 31.0 Å². The molecule has 8 heteroatoms. The van der Waals surface area contributed by atoms with Crippen LogP contribution in [0.4, 0.5) is 11.5 Å². The van der Waals surface area contributed by atoms with Crippen LogP contribution in [0.5, 0.6) is 11.5 Å². The van der Waals surface area contributed by atoms with E-state index in [1.807, 2.05) is 9.80 Å². The third-order valence-electron chi connectivity index (χ3n) is 5.28. The summed E-state index contributed by atoms with van der Waals surface area (Å²) in [6.07, 6.45) is 4.81. The minimum absolute atomic E-state index is 0.0202. The van der Waals surface area contributed by atoms with E-state index < -0.39 is 5.97 Å². The Kier molecular flexibility index (Phi) is 5.24. The molecule has 1 saturated heterocycles. The summed E-state index contributed by atoms with van der Waals surface area (Å²) in [5.41, 5.74) is 1.37. The Bertz CT molecular complexity index is 940. The van der Waals surface area contributed by atoms with Gasteiger partial charge in [0.05, 0.1) is 19.2 Å². The second-order valence-corrected chi connectivity index (χ2v) is 7.09. The summed E-state index contributed by atoms with van der Waals surface area (Å²) in [6, 6.07) is 6.65. The number of carboxylic acids is 1. The van der Waals surface area contributed by atoms with Crippen LogP contribution in [-0.4, -0.2) is 60.2 Å². The lowest BCUT2D eigenvalue weighted by atomic mass is 10.1. The number of carbonyl (C=O) groups is 2. The zero-order chi connectivity index (χ0) is 20.4. The minimum atomic E-state index is -1.05. The lowest BCUT2D eigenvalue weighted by Crippen LogP contribution is -2.36. The molecule has 0 unspecified atom stereocenters. The highest BCUT2D eigenvalue weighted by molar-refractivity contribution is 5.95. The summed E-state index contributed by atoms with van der Waals surface area (Å²) in [7, 11) is 1.44. The van der Waals surface area contributed by atoms with Crippen molar-refractivity contribution in [3.63, 3.8) is 0 Å². The number of hydrogen-bond donors (Lipinski definition) is 1. The topological polar surface area (TPSA) is 92.2 Å². The summed E-state index contributed by atoms with van der Waals surface area (Å²) in [5.74, 6) is 0.347. The third kappa shape index (κ3) is 3.70. The summed E-state index contributed by atoms with van der Waals surface area (Å²) in [6.45, 7) is 2.53. The van der Waals surface area contributed by atoms with Crippen molar-refractivity contribution < 1.29 is 24.2 Å². The predicted molar refractivity (Wildman–Crippen MR) is 106 cm³/mol. The average Bonchev–Trinajstić information content (AvgIpc) is 2.77. The fourth-order valence-corrected chi connectivity index (χ4v) is 3.77. The third-order valence-corrected chi connectivity index (χ3v) is 5.28. The number of amides is 1. The van der Waals surface area contributed by atoms with Crippen molar-refractivity contribution >= 4 is 23.4 Å². The smallest absolute Gasteiger partial charge is 0.339 e. The van der Waals surface area contributed by atoms with Gasteiger partial charge in [-0.05, 0) is 37.5 Å². The van der Waals surface area contributed by atoms with Crippen LogP contribution in [0.3, 0.4) is 0 Å². The first-order chi connectivity index (χ1) is 14.1. The molecule has 1 amide bonds. The highest BCUT2D eigenvalue weighted by Crippen LogP contribution is 2.37. The van der Waals surface area contributed by atoms with Gasteiger partial charge in [-0.1, -0.05) is 0 Å². The number of nitrogens with zero attached hydrogens (tertiary/aromatic N) is 3. The molecular weight excluding hydrogens is 374 g/mol. The maximum atomic E-state index is 12.8. The molecule has 152 valence electrons. The Morgan fingerprint density at radius 2 is 1.93 bits per heavy atom. The number of pyridine rings is 1. The standard InChI is InChI=1S/C21H23N3O5/c1-28-17-12-15(5-6-16(17)21(26)27)24-9-10-29-18-11-14(13-22-19(18)24)20(25)23-7-3-2-4-8-23/h5-6,11-13H,2-4,7-10H2,1H3,(H,26,27). The van der Waals surface area contributed by atoms with Gasteiger partial charge in [-0.15, -0.1) is 0 Å². The van der Waals surface area contributed by atoms with Crippen LogP contribution in [-0.2, 0) is 0 Å². The van der Waals surface area contributed by atoms with Crippen molar-refractivity contribution in [1.82, 2.24) is 9.88 Å². The van der Waals surface area contributed by atoms with E-state index in [-0.39, 0.29) is 17.2 Å². The van der Waals surface area contributed by atoms with Crippen molar-refractivity contribution in [1.29, 1.82) is 0 Å². The van der Waals surface area contributed by atoms with E-state index in [1.54, 1.807) is 24.4 Å². The van der Waals surface area contributed by atoms with E-state index in [0.29, 0.717) is 30.3 Å². The number of aromatic nitrogens is 1. The van der Waals surface area contributed by atoms with Gasteiger partial charge in [0.25, 0.3) is 5.91 Å². The van der Waals surface area contributed by atoms with Crippen molar-refractivity contribution in [2.24, 2.45) is 0 Å². The SMILES string of the molecule is COc1cc(N2CCOc3cc(C(=O)N4CCCCC4)cnc32)ccc1C(=O)O. The fraction of sp³-hybridized carbons (Fsp3) is 0.381. The van der Waals surface area contributed by atoms with Gasteiger partial charge >= 0.3 is 5.97 Å². The monoisotopic (exact) mass is 397 g/mol. The first kappa shape index (κ1) is 19.0.